The zero-order valence-corrected chi connectivity index (χ0v) is 18.3. The van der Waals surface area contributed by atoms with Gasteiger partial charge in [0.05, 0.1) is 16.1 Å². The molecule has 0 aromatic heterocycles. The number of allylic oxidation sites excluding steroid dienone is 1. The average Bonchev–Trinajstić information content (AvgIpc) is 2.70. The molecule has 4 nitrogen and oxygen atoms in total. The number of hydrogen-bond donors (Lipinski definition) is 0. The van der Waals surface area contributed by atoms with Crippen molar-refractivity contribution in [2.45, 2.75) is 4.90 Å². The summed E-state index contributed by atoms with van der Waals surface area (Å²) in [5.74, 6) is 0.107. The Balaban J connectivity index is 2.11. The van der Waals surface area contributed by atoms with Crippen LogP contribution >= 0.6 is 31.9 Å². The molecule has 0 amide bonds. The first-order chi connectivity index (χ1) is 13.4. The fourth-order valence-electron chi connectivity index (χ4n) is 2.47. The zero-order chi connectivity index (χ0) is 20.1. The standard InChI is InChI=1S/C21H13Br2NO3S/c22-18-12-16(11-17(14-24)15-7-3-1-4-8-15)21(20(23)13-18)27-28(25,26)19-9-5-2-6-10-19/h1-13H/b17-11+. The summed E-state index contributed by atoms with van der Waals surface area (Å²) in [6.07, 6.45) is 1.60. The minimum Gasteiger partial charge on any atom is -0.377 e. The topological polar surface area (TPSA) is 67.2 Å². The van der Waals surface area contributed by atoms with Crippen molar-refractivity contribution in [3.8, 4) is 11.8 Å². The molecule has 3 rings (SSSR count). The van der Waals surface area contributed by atoms with Gasteiger partial charge in [0.1, 0.15) is 4.90 Å². The van der Waals surface area contributed by atoms with Crippen LogP contribution in [0.15, 0.2) is 86.6 Å². The number of nitrogens with zero attached hydrogens (tertiary/aromatic N) is 1. The average molecular weight is 519 g/mol. The van der Waals surface area contributed by atoms with Gasteiger partial charge in [-0.1, -0.05) is 64.5 Å². The van der Waals surface area contributed by atoms with Crippen LogP contribution in [-0.4, -0.2) is 8.42 Å². The lowest BCUT2D eigenvalue weighted by atomic mass is 10.0. The van der Waals surface area contributed by atoms with Gasteiger partial charge in [0.2, 0.25) is 0 Å². The third kappa shape index (κ3) is 4.71. The summed E-state index contributed by atoms with van der Waals surface area (Å²) in [5.41, 5.74) is 1.55. The highest BCUT2D eigenvalue weighted by atomic mass is 79.9. The van der Waals surface area contributed by atoms with Crippen LogP contribution in [0.3, 0.4) is 0 Å². The molecule has 3 aromatic carbocycles. The van der Waals surface area contributed by atoms with E-state index in [1.54, 1.807) is 36.4 Å². The van der Waals surface area contributed by atoms with E-state index in [0.717, 1.165) is 5.56 Å². The van der Waals surface area contributed by atoms with Gasteiger partial charge >= 0.3 is 10.1 Å². The molecule has 0 aliphatic heterocycles. The van der Waals surface area contributed by atoms with E-state index < -0.39 is 10.1 Å². The molecule has 0 atom stereocenters. The Morgan fingerprint density at radius 3 is 2.18 bits per heavy atom. The number of rotatable bonds is 5. The Morgan fingerprint density at radius 2 is 1.57 bits per heavy atom. The molecule has 0 aliphatic carbocycles. The molecular formula is C21H13Br2NO3S. The maximum atomic E-state index is 12.7. The van der Waals surface area contributed by atoms with Crippen molar-refractivity contribution in [2.24, 2.45) is 0 Å². The Bertz CT molecular complexity index is 1170. The molecule has 0 N–H and O–H groups in total. The van der Waals surface area contributed by atoms with E-state index in [1.165, 1.54) is 12.1 Å². The van der Waals surface area contributed by atoms with Gasteiger partial charge in [0.25, 0.3) is 0 Å². The molecular weight excluding hydrogens is 506 g/mol. The van der Waals surface area contributed by atoms with Crippen LogP contribution in [-0.2, 0) is 10.1 Å². The summed E-state index contributed by atoms with van der Waals surface area (Å²) in [7, 11) is -4.04. The molecule has 0 saturated carbocycles. The van der Waals surface area contributed by atoms with E-state index in [1.807, 2.05) is 30.3 Å². The molecule has 0 fully saturated rings. The Morgan fingerprint density at radius 1 is 0.964 bits per heavy atom. The fourth-order valence-corrected chi connectivity index (χ4v) is 4.91. The van der Waals surface area contributed by atoms with Crippen LogP contribution in [0.5, 0.6) is 5.75 Å². The highest BCUT2D eigenvalue weighted by Crippen LogP contribution is 2.37. The molecule has 0 spiro atoms. The van der Waals surface area contributed by atoms with E-state index in [9.17, 15) is 13.7 Å². The van der Waals surface area contributed by atoms with Crippen LogP contribution in [0.25, 0.3) is 11.6 Å². The summed E-state index contributed by atoms with van der Waals surface area (Å²) in [6, 6.07) is 22.5. The van der Waals surface area contributed by atoms with Crippen molar-refractivity contribution >= 4 is 53.6 Å². The maximum Gasteiger partial charge on any atom is 0.339 e. The number of hydrogen-bond acceptors (Lipinski definition) is 4. The van der Waals surface area contributed by atoms with Crippen LogP contribution in [0.1, 0.15) is 11.1 Å². The highest BCUT2D eigenvalue weighted by Gasteiger charge is 2.20. The molecule has 7 heteroatoms. The van der Waals surface area contributed by atoms with Gasteiger partial charge in [-0.05, 0) is 51.8 Å². The Hall–Kier alpha value is -2.40. The SMILES string of the molecule is N#C/C(=C\c1cc(Br)cc(Br)c1OS(=O)(=O)c1ccccc1)c1ccccc1. The third-order valence-electron chi connectivity index (χ3n) is 3.77. The van der Waals surface area contributed by atoms with Crippen molar-refractivity contribution in [3.63, 3.8) is 0 Å². The molecule has 0 radical (unpaired) electrons. The summed E-state index contributed by atoms with van der Waals surface area (Å²) < 4.78 is 31.9. The first-order valence-electron chi connectivity index (χ1n) is 8.06. The van der Waals surface area contributed by atoms with Gasteiger partial charge in [-0.2, -0.15) is 13.7 Å². The highest BCUT2D eigenvalue weighted by molar-refractivity contribution is 9.11. The molecule has 3 aromatic rings. The Labute approximate surface area is 180 Å². The van der Waals surface area contributed by atoms with Crippen molar-refractivity contribution in [1.82, 2.24) is 0 Å². The monoisotopic (exact) mass is 517 g/mol. The first-order valence-corrected chi connectivity index (χ1v) is 11.1. The molecule has 0 aliphatic rings. The van der Waals surface area contributed by atoms with Crippen LogP contribution in [0.2, 0.25) is 0 Å². The van der Waals surface area contributed by atoms with Gasteiger partial charge in [-0.25, -0.2) is 0 Å². The summed E-state index contributed by atoms with van der Waals surface area (Å²) in [6.45, 7) is 0. The molecule has 140 valence electrons. The van der Waals surface area contributed by atoms with E-state index in [0.29, 0.717) is 20.1 Å². The fraction of sp³-hybridized carbons (Fsp3) is 0. The van der Waals surface area contributed by atoms with Crippen LogP contribution < -0.4 is 4.18 Å². The van der Waals surface area contributed by atoms with E-state index in [2.05, 4.69) is 37.9 Å². The zero-order valence-electron chi connectivity index (χ0n) is 14.3. The second-order valence-electron chi connectivity index (χ2n) is 5.69. The molecule has 0 saturated heterocycles. The summed E-state index contributed by atoms with van der Waals surface area (Å²) in [5, 5.41) is 9.58. The lowest BCUT2D eigenvalue weighted by Gasteiger charge is -2.13. The van der Waals surface area contributed by atoms with Crippen molar-refractivity contribution in [1.29, 1.82) is 5.26 Å². The van der Waals surface area contributed by atoms with E-state index >= 15 is 0 Å². The van der Waals surface area contributed by atoms with E-state index in [-0.39, 0.29) is 10.6 Å². The van der Waals surface area contributed by atoms with Gasteiger partial charge in [-0.15, -0.1) is 0 Å². The lowest BCUT2D eigenvalue weighted by molar-refractivity contribution is 0.484. The third-order valence-corrected chi connectivity index (χ3v) is 6.05. The summed E-state index contributed by atoms with van der Waals surface area (Å²) in [4.78, 5) is 0.0447. The molecule has 0 heterocycles. The van der Waals surface area contributed by atoms with Crippen LogP contribution in [0, 0.1) is 11.3 Å². The largest absolute Gasteiger partial charge is 0.377 e. The maximum absolute atomic E-state index is 12.7. The van der Waals surface area contributed by atoms with Gasteiger partial charge in [0, 0.05) is 10.0 Å². The first kappa shape index (κ1) is 20.3. The van der Waals surface area contributed by atoms with Gasteiger partial charge < -0.3 is 4.18 Å². The smallest absolute Gasteiger partial charge is 0.339 e. The minimum absolute atomic E-state index is 0.0447. The van der Waals surface area contributed by atoms with Gasteiger partial charge in [0.15, 0.2) is 5.75 Å². The second kappa shape index (κ2) is 8.74. The number of nitriles is 1. The van der Waals surface area contributed by atoms with Crippen molar-refractivity contribution < 1.29 is 12.6 Å². The van der Waals surface area contributed by atoms with Crippen LogP contribution in [0.4, 0.5) is 0 Å². The van der Waals surface area contributed by atoms with Crippen molar-refractivity contribution in [2.75, 3.05) is 0 Å². The number of halogens is 2. The summed E-state index contributed by atoms with van der Waals surface area (Å²) >= 11 is 6.75. The lowest BCUT2D eigenvalue weighted by Crippen LogP contribution is -2.10. The molecule has 0 unspecified atom stereocenters. The molecule has 28 heavy (non-hydrogen) atoms. The minimum atomic E-state index is -4.04. The quantitative estimate of drug-likeness (QED) is 0.234. The Kier molecular flexibility index (Phi) is 6.35. The van der Waals surface area contributed by atoms with Crippen molar-refractivity contribution in [3.05, 3.63) is 92.9 Å². The van der Waals surface area contributed by atoms with Gasteiger partial charge in [-0.3, -0.25) is 0 Å². The molecule has 0 bridgehead atoms. The predicted octanol–water partition coefficient (Wildman–Crippen LogP) is 6.04. The number of benzene rings is 3. The van der Waals surface area contributed by atoms with E-state index in [4.69, 9.17) is 4.18 Å². The normalized spacial score (nSPS) is 11.7. The predicted molar refractivity (Wildman–Crippen MR) is 116 cm³/mol. The second-order valence-corrected chi connectivity index (χ2v) is 9.01.